The van der Waals surface area contributed by atoms with Gasteiger partial charge in [0.1, 0.15) is 0 Å². The highest BCUT2D eigenvalue weighted by molar-refractivity contribution is 7.98. The average molecular weight is 315 g/mol. The topological polar surface area (TPSA) is 49.0 Å². The first kappa shape index (κ1) is 15.2. The van der Waals surface area contributed by atoms with Crippen LogP contribution in [0, 0.1) is 13.8 Å². The molecule has 1 aliphatic rings. The van der Waals surface area contributed by atoms with Crippen molar-refractivity contribution in [2.45, 2.75) is 37.6 Å². The zero-order valence-corrected chi connectivity index (χ0v) is 14.0. The summed E-state index contributed by atoms with van der Waals surface area (Å²) < 4.78 is 0. The van der Waals surface area contributed by atoms with Crippen molar-refractivity contribution in [3.8, 4) is 0 Å². The van der Waals surface area contributed by atoms with E-state index in [1.807, 2.05) is 49.3 Å². The quantitative estimate of drug-likeness (QED) is 0.878. The lowest BCUT2D eigenvalue weighted by atomic mass is 10.0. The second kappa shape index (κ2) is 6.16. The van der Waals surface area contributed by atoms with Crippen LogP contribution in [0.15, 0.2) is 29.2 Å². The molecule has 2 heterocycles. The number of likely N-dealkylation sites (tertiary alicyclic amines) is 1. The zero-order valence-electron chi connectivity index (χ0n) is 13.2. The van der Waals surface area contributed by atoms with Gasteiger partial charge in [-0.25, -0.2) is 0 Å². The minimum Gasteiger partial charge on any atom is -0.331 e. The molecule has 0 radical (unpaired) electrons. The molecule has 1 fully saturated rings. The number of thioether (sulfide) groups is 1. The molecule has 1 amide bonds. The predicted octanol–water partition coefficient (Wildman–Crippen LogP) is 3.73. The molecular weight excluding hydrogens is 294 g/mol. The summed E-state index contributed by atoms with van der Waals surface area (Å²) in [5.74, 6) is 0.132. The molecule has 0 unspecified atom stereocenters. The Morgan fingerprint density at radius 3 is 2.82 bits per heavy atom. The van der Waals surface area contributed by atoms with Gasteiger partial charge in [0.05, 0.1) is 17.3 Å². The number of nitrogens with zero attached hydrogens (tertiary/aromatic N) is 2. The van der Waals surface area contributed by atoms with E-state index in [-0.39, 0.29) is 11.9 Å². The molecule has 1 atom stereocenters. The van der Waals surface area contributed by atoms with Crippen molar-refractivity contribution in [1.29, 1.82) is 0 Å². The van der Waals surface area contributed by atoms with Crippen molar-refractivity contribution in [2.75, 3.05) is 12.8 Å². The third-order valence-corrected chi connectivity index (χ3v) is 5.17. The van der Waals surface area contributed by atoms with Crippen LogP contribution in [0.4, 0.5) is 0 Å². The molecule has 22 heavy (non-hydrogen) atoms. The lowest BCUT2D eigenvalue weighted by Crippen LogP contribution is -2.31. The summed E-state index contributed by atoms with van der Waals surface area (Å²) in [6, 6.07) is 8.00. The molecule has 5 heteroatoms. The number of hydrogen-bond acceptors (Lipinski definition) is 3. The van der Waals surface area contributed by atoms with Crippen LogP contribution in [0.5, 0.6) is 0 Å². The van der Waals surface area contributed by atoms with Crippen LogP contribution in [0.1, 0.15) is 46.2 Å². The molecule has 116 valence electrons. The van der Waals surface area contributed by atoms with Crippen LogP contribution in [-0.4, -0.2) is 33.8 Å². The van der Waals surface area contributed by atoms with E-state index in [4.69, 9.17) is 0 Å². The van der Waals surface area contributed by atoms with Crippen LogP contribution in [-0.2, 0) is 0 Å². The number of aryl methyl sites for hydroxylation is 2. The number of nitrogens with one attached hydrogen (secondary N) is 1. The maximum absolute atomic E-state index is 13.0. The fraction of sp³-hybridized carbons (Fsp3) is 0.412. The molecule has 1 aromatic carbocycles. The summed E-state index contributed by atoms with van der Waals surface area (Å²) in [5, 5.41) is 7.34. The van der Waals surface area contributed by atoms with E-state index in [1.54, 1.807) is 11.8 Å². The first-order valence-corrected chi connectivity index (χ1v) is 8.81. The van der Waals surface area contributed by atoms with Crippen molar-refractivity contribution in [2.24, 2.45) is 0 Å². The first-order chi connectivity index (χ1) is 10.6. The van der Waals surface area contributed by atoms with Gasteiger partial charge in [-0.1, -0.05) is 12.1 Å². The number of aromatic nitrogens is 2. The number of amides is 1. The van der Waals surface area contributed by atoms with E-state index in [9.17, 15) is 4.79 Å². The second-order valence-corrected chi connectivity index (χ2v) is 6.55. The van der Waals surface area contributed by atoms with Gasteiger partial charge in [0, 0.05) is 22.7 Å². The Morgan fingerprint density at radius 1 is 1.36 bits per heavy atom. The van der Waals surface area contributed by atoms with E-state index in [1.165, 1.54) is 5.56 Å². The van der Waals surface area contributed by atoms with Crippen molar-refractivity contribution in [1.82, 2.24) is 15.1 Å². The van der Waals surface area contributed by atoms with Crippen LogP contribution in [0.2, 0.25) is 0 Å². The normalized spacial score (nSPS) is 18.0. The molecular formula is C17H21N3OS. The maximum atomic E-state index is 13.0. The molecule has 0 aliphatic carbocycles. The van der Waals surface area contributed by atoms with Crippen LogP contribution >= 0.6 is 11.8 Å². The molecule has 0 spiro atoms. The van der Waals surface area contributed by atoms with E-state index in [0.29, 0.717) is 0 Å². The van der Waals surface area contributed by atoms with Gasteiger partial charge >= 0.3 is 0 Å². The average Bonchev–Trinajstić information content (AvgIpc) is 3.13. The molecule has 0 bridgehead atoms. The minimum atomic E-state index is 0.132. The third-order valence-electron chi connectivity index (χ3n) is 4.37. The fourth-order valence-electron chi connectivity index (χ4n) is 3.34. The predicted molar refractivity (Wildman–Crippen MR) is 89.3 cm³/mol. The molecule has 1 aromatic heterocycles. The van der Waals surface area contributed by atoms with Gasteiger partial charge in [-0.2, -0.15) is 5.10 Å². The van der Waals surface area contributed by atoms with Crippen molar-refractivity contribution >= 4 is 17.7 Å². The van der Waals surface area contributed by atoms with Gasteiger partial charge in [-0.3, -0.25) is 9.89 Å². The SMILES string of the molecule is CSc1ccccc1C(=O)N1CCC[C@@H]1c1c(C)n[nH]c1C. The molecule has 2 aromatic rings. The highest BCUT2D eigenvalue weighted by Crippen LogP contribution is 2.36. The number of H-pyrrole nitrogens is 1. The van der Waals surface area contributed by atoms with E-state index >= 15 is 0 Å². The smallest absolute Gasteiger partial charge is 0.255 e. The highest BCUT2D eigenvalue weighted by Gasteiger charge is 2.34. The van der Waals surface area contributed by atoms with E-state index < -0.39 is 0 Å². The molecule has 3 rings (SSSR count). The number of carbonyl (C=O) groups is 1. The summed E-state index contributed by atoms with van der Waals surface area (Å²) in [6.45, 7) is 4.86. The number of hydrogen-bond donors (Lipinski definition) is 1. The number of rotatable bonds is 3. The van der Waals surface area contributed by atoms with Gasteiger partial charge in [-0.15, -0.1) is 11.8 Å². The van der Waals surface area contributed by atoms with Crippen LogP contribution in [0.25, 0.3) is 0 Å². The van der Waals surface area contributed by atoms with Crippen LogP contribution in [0.3, 0.4) is 0 Å². The molecule has 1 saturated heterocycles. The Bertz CT molecular complexity index is 675. The van der Waals surface area contributed by atoms with Gasteiger partial charge in [0.25, 0.3) is 5.91 Å². The molecule has 0 saturated carbocycles. The Hall–Kier alpha value is -1.75. The van der Waals surface area contributed by atoms with Gasteiger partial charge < -0.3 is 4.90 Å². The van der Waals surface area contributed by atoms with E-state index in [2.05, 4.69) is 10.2 Å². The minimum absolute atomic E-state index is 0.132. The van der Waals surface area contributed by atoms with Crippen molar-refractivity contribution in [3.05, 3.63) is 46.8 Å². The Labute approximate surface area is 135 Å². The molecule has 1 N–H and O–H groups in total. The fourth-order valence-corrected chi connectivity index (χ4v) is 3.93. The van der Waals surface area contributed by atoms with E-state index in [0.717, 1.165) is 41.2 Å². The maximum Gasteiger partial charge on any atom is 0.255 e. The molecule has 1 aliphatic heterocycles. The summed E-state index contributed by atoms with van der Waals surface area (Å²) >= 11 is 1.62. The summed E-state index contributed by atoms with van der Waals surface area (Å²) in [6.07, 6.45) is 4.06. The highest BCUT2D eigenvalue weighted by atomic mass is 32.2. The largest absolute Gasteiger partial charge is 0.331 e. The monoisotopic (exact) mass is 315 g/mol. The standard InChI is InChI=1S/C17H21N3OS/c1-11-16(12(2)19-18-11)14-8-6-10-20(14)17(21)13-7-4-5-9-15(13)22-3/h4-5,7,9,14H,6,8,10H2,1-3H3,(H,18,19)/t14-/m1/s1. The first-order valence-electron chi connectivity index (χ1n) is 7.59. The number of benzene rings is 1. The summed E-state index contributed by atoms with van der Waals surface area (Å²) in [7, 11) is 0. The van der Waals surface area contributed by atoms with Gasteiger partial charge in [0.2, 0.25) is 0 Å². The second-order valence-electron chi connectivity index (χ2n) is 5.70. The Kier molecular flexibility index (Phi) is 4.25. The Balaban J connectivity index is 1.95. The van der Waals surface area contributed by atoms with Gasteiger partial charge in [0.15, 0.2) is 0 Å². The Morgan fingerprint density at radius 2 is 2.14 bits per heavy atom. The third kappa shape index (κ3) is 2.54. The summed E-state index contributed by atoms with van der Waals surface area (Å²) in [4.78, 5) is 16.1. The van der Waals surface area contributed by atoms with Crippen molar-refractivity contribution < 1.29 is 4.79 Å². The zero-order chi connectivity index (χ0) is 15.7. The van der Waals surface area contributed by atoms with Gasteiger partial charge in [-0.05, 0) is 45.1 Å². The molecule has 4 nitrogen and oxygen atoms in total. The lowest BCUT2D eigenvalue weighted by Gasteiger charge is -2.26. The lowest BCUT2D eigenvalue weighted by molar-refractivity contribution is 0.0731. The number of carbonyl (C=O) groups excluding carboxylic acids is 1. The van der Waals surface area contributed by atoms with Crippen molar-refractivity contribution in [3.63, 3.8) is 0 Å². The van der Waals surface area contributed by atoms with Crippen LogP contribution < -0.4 is 0 Å². The number of aromatic amines is 1. The summed E-state index contributed by atoms with van der Waals surface area (Å²) in [5.41, 5.74) is 4.06.